The molecule has 5 rings (SSSR count). The second kappa shape index (κ2) is 9.08. The van der Waals surface area contributed by atoms with Gasteiger partial charge in [0.25, 0.3) is 5.91 Å². The van der Waals surface area contributed by atoms with Gasteiger partial charge in [0.1, 0.15) is 5.82 Å². The van der Waals surface area contributed by atoms with Crippen LogP contribution in [0.3, 0.4) is 0 Å². The number of aromatic nitrogens is 2. The highest BCUT2D eigenvalue weighted by molar-refractivity contribution is 6.07. The summed E-state index contributed by atoms with van der Waals surface area (Å²) in [5.41, 5.74) is 1.35. The number of fused-ring (bicyclic) bond motifs is 1. The van der Waals surface area contributed by atoms with Crippen molar-refractivity contribution in [2.45, 2.75) is 18.9 Å². The molecule has 3 aromatic rings. The Morgan fingerprint density at radius 3 is 2.44 bits per heavy atom. The Labute approximate surface area is 186 Å². The van der Waals surface area contributed by atoms with Crippen molar-refractivity contribution in [3.05, 3.63) is 60.0 Å². The first kappa shape index (κ1) is 20.6. The molecule has 2 aliphatic heterocycles. The zero-order valence-corrected chi connectivity index (χ0v) is 17.8. The number of benzene rings is 2. The fourth-order valence-corrected chi connectivity index (χ4v) is 4.41. The molecule has 32 heavy (non-hydrogen) atoms. The van der Waals surface area contributed by atoms with Gasteiger partial charge in [-0.25, -0.2) is 4.39 Å². The molecule has 0 aliphatic carbocycles. The van der Waals surface area contributed by atoms with Crippen molar-refractivity contribution in [1.82, 2.24) is 15.5 Å². The maximum atomic E-state index is 13.2. The molecule has 0 radical (unpaired) electrons. The van der Waals surface area contributed by atoms with Gasteiger partial charge in [-0.05, 0) is 37.1 Å². The third kappa shape index (κ3) is 4.23. The summed E-state index contributed by atoms with van der Waals surface area (Å²) in [6.45, 7) is 4.37. The second-order valence-electron chi connectivity index (χ2n) is 8.21. The number of anilines is 2. The zero-order chi connectivity index (χ0) is 21.9. The number of hydrogen-bond acceptors (Lipinski definition) is 6. The fraction of sp³-hybridized carbons (Fsp3) is 0.375. The van der Waals surface area contributed by atoms with E-state index in [9.17, 15) is 9.18 Å². The van der Waals surface area contributed by atoms with Crippen LogP contribution < -0.4 is 15.1 Å². The summed E-state index contributed by atoms with van der Waals surface area (Å²) in [6, 6.07) is 14.4. The van der Waals surface area contributed by atoms with Gasteiger partial charge in [-0.15, -0.1) is 10.2 Å². The van der Waals surface area contributed by atoms with Gasteiger partial charge in [-0.2, -0.15) is 0 Å². The number of carbonyl (C=O) groups is 1. The van der Waals surface area contributed by atoms with Gasteiger partial charge < -0.3 is 19.9 Å². The lowest BCUT2D eigenvalue weighted by Gasteiger charge is -2.37. The van der Waals surface area contributed by atoms with Crippen LogP contribution in [-0.4, -0.2) is 61.5 Å². The lowest BCUT2D eigenvalue weighted by atomic mass is 10.1. The predicted molar refractivity (Wildman–Crippen MR) is 122 cm³/mol. The van der Waals surface area contributed by atoms with Crippen LogP contribution in [0.1, 0.15) is 23.3 Å². The molecule has 166 valence electrons. The van der Waals surface area contributed by atoms with Crippen molar-refractivity contribution in [3.63, 3.8) is 0 Å². The van der Waals surface area contributed by atoms with Crippen LogP contribution in [0.25, 0.3) is 10.8 Å². The lowest BCUT2D eigenvalue weighted by molar-refractivity contribution is 0.0854. The fourth-order valence-electron chi connectivity index (χ4n) is 4.41. The normalized spacial score (nSPS) is 18.8. The van der Waals surface area contributed by atoms with E-state index in [1.807, 2.05) is 36.4 Å². The highest BCUT2D eigenvalue weighted by Gasteiger charge is 2.23. The average molecular weight is 436 g/mol. The summed E-state index contributed by atoms with van der Waals surface area (Å²) in [4.78, 5) is 17.2. The Kier molecular flexibility index (Phi) is 5.85. The number of hydrogen-bond donors (Lipinski definition) is 1. The Morgan fingerprint density at radius 2 is 1.72 bits per heavy atom. The first-order chi connectivity index (χ1) is 15.7. The summed E-state index contributed by atoms with van der Waals surface area (Å²) in [5.74, 6) is 0.334. The summed E-state index contributed by atoms with van der Waals surface area (Å²) in [6.07, 6.45) is 2.08. The van der Waals surface area contributed by atoms with Crippen LogP contribution in [0.2, 0.25) is 0 Å². The van der Waals surface area contributed by atoms with Crippen molar-refractivity contribution in [2.75, 3.05) is 49.1 Å². The predicted octanol–water partition coefficient (Wildman–Crippen LogP) is 3.00. The van der Waals surface area contributed by atoms with Crippen LogP contribution >= 0.6 is 0 Å². The van der Waals surface area contributed by atoms with E-state index in [4.69, 9.17) is 4.74 Å². The molecule has 2 fully saturated rings. The Hall–Kier alpha value is -3.26. The van der Waals surface area contributed by atoms with Gasteiger partial charge in [0.2, 0.25) is 0 Å². The minimum atomic E-state index is -0.228. The van der Waals surface area contributed by atoms with Crippen molar-refractivity contribution >= 4 is 28.2 Å². The van der Waals surface area contributed by atoms with Gasteiger partial charge in [0.15, 0.2) is 11.5 Å². The molecule has 1 amide bonds. The first-order valence-electron chi connectivity index (χ1n) is 11.1. The van der Waals surface area contributed by atoms with E-state index in [1.54, 1.807) is 0 Å². The van der Waals surface area contributed by atoms with Gasteiger partial charge in [0, 0.05) is 55.8 Å². The number of nitrogens with one attached hydrogen (secondary N) is 1. The molecule has 8 heteroatoms. The van der Waals surface area contributed by atoms with Crippen LogP contribution in [0.4, 0.5) is 15.9 Å². The van der Waals surface area contributed by atoms with Gasteiger partial charge >= 0.3 is 0 Å². The monoisotopic (exact) mass is 435 g/mol. The SMILES string of the molecule is O=C(NCC1CCCO1)c1nnc(N2CCN(c3ccc(F)cc3)CC2)c2ccccc12. The molecule has 1 N–H and O–H groups in total. The van der Waals surface area contributed by atoms with E-state index in [1.165, 1.54) is 12.1 Å². The Morgan fingerprint density at radius 1 is 1.00 bits per heavy atom. The molecule has 0 spiro atoms. The molecule has 0 bridgehead atoms. The van der Waals surface area contributed by atoms with E-state index >= 15 is 0 Å². The first-order valence-corrected chi connectivity index (χ1v) is 11.1. The number of halogens is 1. The summed E-state index contributed by atoms with van der Waals surface area (Å²) < 4.78 is 18.8. The quantitative estimate of drug-likeness (QED) is 0.665. The van der Waals surface area contributed by atoms with E-state index in [0.29, 0.717) is 12.2 Å². The van der Waals surface area contributed by atoms with Gasteiger partial charge in [0.05, 0.1) is 6.10 Å². The standard InChI is InChI=1S/C24H26FN5O2/c25-17-7-9-18(10-8-17)29-11-13-30(14-12-29)23-21-6-2-1-5-20(21)22(27-28-23)24(31)26-16-19-4-3-15-32-19/h1-2,5-10,19H,3-4,11-16H2,(H,26,31). The Bertz CT molecular complexity index is 1090. The summed E-state index contributed by atoms with van der Waals surface area (Å²) >= 11 is 0. The number of rotatable bonds is 5. The molecule has 7 nitrogen and oxygen atoms in total. The molecule has 2 aliphatic rings. The minimum Gasteiger partial charge on any atom is -0.376 e. The number of amides is 1. The largest absolute Gasteiger partial charge is 0.376 e. The topological polar surface area (TPSA) is 70.6 Å². The maximum absolute atomic E-state index is 13.2. The van der Waals surface area contributed by atoms with Gasteiger partial charge in [-0.3, -0.25) is 4.79 Å². The van der Waals surface area contributed by atoms with Crippen LogP contribution in [-0.2, 0) is 4.74 Å². The van der Waals surface area contributed by atoms with Crippen molar-refractivity contribution in [1.29, 1.82) is 0 Å². The molecule has 1 unspecified atom stereocenters. The van der Waals surface area contributed by atoms with Crippen LogP contribution in [0.5, 0.6) is 0 Å². The molecule has 2 saturated heterocycles. The molecular weight excluding hydrogens is 409 g/mol. The number of carbonyl (C=O) groups excluding carboxylic acids is 1. The highest BCUT2D eigenvalue weighted by atomic mass is 19.1. The maximum Gasteiger partial charge on any atom is 0.272 e. The van der Waals surface area contributed by atoms with Crippen molar-refractivity contribution < 1.29 is 13.9 Å². The second-order valence-corrected chi connectivity index (χ2v) is 8.21. The van der Waals surface area contributed by atoms with Crippen LogP contribution in [0.15, 0.2) is 48.5 Å². The smallest absolute Gasteiger partial charge is 0.272 e. The summed E-state index contributed by atoms with van der Waals surface area (Å²) in [5, 5.41) is 13.4. The molecule has 1 atom stereocenters. The van der Waals surface area contributed by atoms with E-state index in [2.05, 4.69) is 25.3 Å². The summed E-state index contributed by atoms with van der Waals surface area (Å²) in [7, 11) is 0. The van der Waals surface area contributed by atoms with Gasteiger partial charge in [-0.1, -0.05) is 24.3 Å². The number of ether oxygens (including phenoxy) is 1. The van der Waals surface area contributed by atoms with Crippen LogP contribution in [0, 0.1) is 5.82 Å². The highest BCUT2D eigenvalue weighted by Crippen LogP contribution is 2.27. The zero-order valence-electron chi connectivity index (χ0n) is 17.8. The Balaban J connectivity index is 1.32. The van der Waals surface area contributed by atoms with E-state index in [-0.39, 0.29) is 17.8 Å². The van der Waals surface area contributed by atoms with E-state index < -0.39 is 0 Å². The molecule has 2 aromatic carbocycles. The molecule has 3 heterocycles. The molecule has 0 saturated carbocycles. The third-order valence-corrected chi connectivity index (χ3v) is 6.17. The number of nitrogens with zero attached hydrogens (tertiary/aromatic N) is 4. The molecule has 1 aromatic heterocycles. The number of piperazine rings is 1. The molecular formula is C24H26FN5O2. The minimum absolute atomic E-state index is 0.0786. The lowest BCUT2D eigenvalue weighted by Crippen LogP contribution is -2.47. The van der Waals surface area contributed by atoms with E-state index in [0.717, 1.165) is 67.9 Å². The average Bonchev–Trinajstić information content (AvgIpc) is 3.36. The van der Waals surface area contributed by atoms with Crippen molar-refractivity contribution in [3.8, 4) is 0 Å². The third-order valence-electron chi connectivity index (χ3n) is 6.17. The van der Waals surface area contributed by atoms with Crippen molar-refractivity contribution in [2.24, 2.45) is 0 Å².